The predicted octanol–water partition coefficient (Wildman–Crippen LogP) is 3.36. The van der Waals surface area contributed by atoms with Crippen LogP contribution < -0.4 is 4.74 Å². The van der Waals surface area contributed by atoms with E-state index in [4.69, 9.17) is 19.5 Å². The van der Waals surface area contributed by atoms with E-state index < -0.39 is 33.7 Å². The quantitative estimate of drug-likeness (QED) is 0.221. The molecule has 0 aliphatic rings. The third-order valence-corrected chi connectivity index (χ3v) is 6.09. The molecule has 0 saturated carbocycles. The monoisotopic (exact) mass is 454 g/mol. The normalized spacial score (nSPS) is 11.9. The molecule has 8 nitrogen and oxygen atoms in total. The number of hydrogen-bond acceptors (Lipinski definition) is 5. The summed E-state index contributed by atoms with van der Waals surface area (Å²) in [6.45, 7) is 2.77. The maximum Gasteiger partial charge on any atom is 0.325 e. The van der Waals surface area contributed by atoms with Crippen molar-refractivity contribution in [2.75, 3.05) is 6.61 Å². The van der Waals surface area contributed by atoms with E-state index in [-0.39, 0.29) is 0 Å². The summed E-state index contributed by atoms with van der Waals surface area (Å²) in [5.41, 5.74) is 1.44. The van der Waals surface area contributed by atoms with Gasteiger partial charge in [0, 0.05) is 0 Å². The third-order valence-electron chi connectivity index (χ3n) is 4.30. The van der Waals surface area contributed by atoms with E-state index >= 15 is 0 Å². The van der Waals surface area contributed by atoms with Gasteiger partial charge < -0.3 is 14.9 Å². The van der Waals surface area contributed by atoms with Gasteiger partial charge in [-0.25, -0.2) is 0 Å². The zero-order valence-electron chi connectivity index (χ0n) is 17.7. The SMILES string of the molecule is CCOc1ccc(CCCCCCC[CH2][Na])cc1.O=C(O)CC(C(=O)O)S(=O)(=O)O. The first kappa shape index (κ1) is 28.9. The summed E-state index contributed by atoms with van der Waals surface area (Å²) >= 11 is 1.38. The Balaban J connectivity index is 0.000000612. The van der Waals surface area contributed by atoms with Crippen LogP contribution in [-0.2, 0) is 26.1 Å². The van der Waals surface area contributed by atoms with Crippen LogP contribution in [0, 0.1) is 0 Å². The van der Waals surface area contributed by atoms with Crippen LogP contribution in [0.1, 0.15) is 57.4 Å². The largest absolute Gasteiger partial charge is 0.481 e. The number of carboxylic acid groups (broad SMARTS) is 2. The minimum absolute atomic E-state index is 0.750. The first-order chi connectivity index (χ1) is 14.1. The number of aliphatic carboxylic acids is 2. The molecular weight excluding hydrogens is 423 g/mol. The van der Waals surface area contributed by atoms with E-state index in [1.165, 1.54) is 82.1 Å². The Bertz CT molecular complexity index is 719. The standard InChI is InChI=1S/C16H25O.C4H6O7S.Na/c1-3-5-6-7-8-9-10-15-11-13-16(14-12-15)17-4-2;5-3(6)1-2(4(7)8)12(9,10)11;/h11-14H,1,3-10H2,2H3;2H,1H2,(H,5,6)(H,7,8)(H,9,10,11);. The Morgan fingerprint density at radius 3 is 1.93 bits per heavy atom. The van der Waals surface area contributed by atoms with Crippen molar-refractivity contribution in [1.82, 2.24) is 0 Å². The minimum atomic E-state index is -4.84. The molecule has 1 atom stereocenters. The Morgan fingerprint density at radius 1 is 1.00 bits per heavy atom. The van der Waals surface area contributed by atoms with Crippen molar-refractivity contribution in [3.63, 3.8) is 0 Å². The van der Waals surface area contributed by atoms with Gasteiger partial charge in [0.05, 0.1) is 13.0 Å². The Hall–Kier alpha value is -1.13. The van der Waals surface area contributed by atoms with Gasteiger partial charge in [-0.15, -0.1) is 0 Å². The van der Waals surface area contributed by atoms with Crippen LogP contribution >= 0.6 is 0 Å². The van der Waals surface area contributed by atoms with E-state index in [2.05, 4.69) is 24.3 Å². The maximum absolute atomic E-state index is 10.2. The summed E-state index contributed by atoms with van der Waals surface area (Å²) in [5.74, 6) is -2.51. The van der Waals surface area contributed by atoms with Crippen molar-refractivity contribution in [2.45, 2.75) is 67.2 Å². The molecule has 0 radical (unpaired) electrons. The maximum atomic E-state index is 10.2. The van der Waals surface area contributed by atoms with Crippen LogP contribution in [-0.4, -0.2) is 74.9 Å². The van der Waals surface area contributed by atoms with Crippen LogP contribution in [0.4, 0.5) is 0 Å². The predicted molar refractivity (Wildman–Crippen MR) is 115 cm³/mol. The van der Waals surface area contributed by atoms with Gasteiger partial charge in [0.2, 0.25) is 0 Å². The van der Waals surface area contributed by atoms with Crippen molar-refractivity contribution in [1.29, 1.82) is 0 Å². The first-order valence-electron chi connectivity index (χ1n) is 10.2. The molecular formula is C20H31NaO8S. The van der Waals surface area contributed by atoms with Crippen molar-refractivity contribution >= 4 is 50.0 Å². The molecule has 166 valence electrons. The summed E-state index contributed by atoms with van der Waals surface area (Å²) in [5, 5.41) is 13.9. The molecule has 1 unspecified atom stereocenters. The Kier molecular flexibility index (Phi) is 15.9. The Labute approximate surface area is 196 Å². The first-order valence-corrected chi connectivity index (χ1v) is 13.2. The minimum Gasteiger partial charge on any atom is -0.481 e. The molecule has 1 rings (SSSR count). The summed E-state index contributed by atoms with van der Waals surface area (Å²) < 4.78 is 35.6. The summed E-state index contributed by atoms with van der Waals surface area (Å²) in [7, 11) is -4.84. The molecule has 10 heteroatoms. The summed E-state index contributed by atoms with van der Waals surface area (Å²) in [6.07, 6.45) is 8.53. The van der Waals surface area contributed by atoms with Gasteiger partial charge in [0.25, 0.3) is 10.1 Å². The van der Waals surface area contributed by atoms with E-state index in [1.54, 1.807) is 0 Å². The van der Waals surface area contributed by atoms with Gasteiger partial charge in [0.1, 0.15) is 0 Å². The molecule has 30 heavy (non-hydrogen) atoms. The fourth-order valence-electron chi connectivity index (χ4n) is 2.68. The van der Waals surface area contributed by atoms with Gasteiger partial charge in [-0.05, 0) is 6.92 Å². The molecule has 0 heterocycles. The molecule has 0 aromatic heterocycles. The molecule has 1 aromatic rings. The average molecular weight is 455 g/mol. The second-order valence-corrected chi connectivity index (χ2v) is 9.49. The molecule has 0 aliphatic heterocycles. The number of carboxylic acids is 2. The van der Waals surface area contributed by atoms with Gasteiger partial charge in [-0.3, -0.25) is 14.1 Å². The number of carbonyl (C=O) groups is 2. The molecule has 1 aromatic carbocycles. The van der Waals surface area contributed by atoms with Gasteiger partial charge in [0.15, 0.2) is 5.25 Å². The van der Waals surface area contributed by atoms with Crippen LogP contribution in [0.2, 0.25) is 3.67 Å². The number of ether oxygens (including phenoxy) is 1. The molecule has 0 fully saturated rings. The fraction of sp³-hybridized carbons (Fsp3) is 0.600. The van der Waals surface area contributed by atoms with E-state index in [0.29, 0.717) is 0 Å². The van der Waals surface area contributed by atoms with Crippen LogP contribution in [0.5, 0.6) is 5.75 Å². The number of rotatable bonds is 14. The van der Waals surface area contributed by atoms with E-state index in [1.807, 2.05) is 6.92 Å². The molecule has 3 N–H and O–H groups in total. The van der Waals surface area contributed by atoms with Crippen molar-refractivity contribution in [3.8, 4) is 5.75 Å². The second-order valence-electron chi connectivity index (χ2n) is 6.89. The van der Waals surface area contributed by atoms with Crippen molar-refractivity contribution in [2.24, 2.45) is 0 Å². The molecule has 0 bridgehead atoms. The van der Waals surface area contributed by atoms with Gasteiger partial charge in [-0.1, -0.05) is 0 Å². The molecule has 0 aliphatic carbocycles. The average Bonchev–Trinajstić information content (AvgIpc) is 2.66. The zero-order valence-corrected chi connectivity index (χ0v) is 20.6. The van der Waals surface area contributed by atoms with Crippen molar-refractivity contribution in [3.05, 3.63) is 29.8 Å². The van der Waals surface area contributed by atoms with Gasteiger partial charge >= 0.3 is 124 Å². The van der Waals surface area contributed by atoms with Gasteiger partial charge in [-0.2, -0.15) is 8.42 Å². The second kappa shape index (κ2) is 16.5. The topological polar surface area (TPSA) is 138 Å². The van der Waals surface area contributed by atoms with E-state index in [0.717, 1.165) is 12.4 Å². The number of unbranched alkanes of at least 4 members (excludes halogenated alkanes) is 5. The Morgan fingerprint density at radius 2 is 1.53 bits per heavy atom. The smallest absolute Gasteiger partial charge is 0.325 e. The zero-order chi connectivity index (χ0) is 23.0. The van der Waals surface area contributed by atoms with Crippen LogP contribution in [0.3, 0.4) is 0 Å². The molecule has 0 amide bonds. The molecule has 0 saturated heterocycles. The number of benzene rings is 1. The fourth-order valence-corrected chi connectivity index (χ4v) is 3.79. The van der Waals surface area contributed by atoms with Crippen molar-refractivity contribution < 1.29 is 37.5 Å². The number of hydrogen-bond donors (Lipinski definition) is 3. The summed E-state index contributed by atoms with van der Waals surface area (Å²) in [4.78, 5) is 20.0. The number of aryl methyl sites for hydroxylation is 1. The molecule has 0 spiro atoms. The van der Waals surface area contributed by atoms with Crippen LogP contribution in [0.25, 0.3) is 0 Å². The van der Waals surface area contributed by atoms with E-state index in [9.17, 15) is 18.0 Å². The van der Waals surface area contributed by atoms with Crippen LogP contribution in [0.15, 0.2) is 24.3 Å². The summed E-state index contributed by atoms with van der Waals surface area (Å²) in [6, 6.07) is 8.58. The third kappa shape index (κ3) is 14.8.